The fraction of sp³-hybridized carbons (Fsp3) is 0.462. The van der Waals surface area contributed by atoms with Gasteiger partial charge in [-0.25, -0.2) is 8.42 Å². The Kier molecular flexibility index (Phi) is 5.08. The third-order valence-corrected chi connectivity index (χ3v) is 3.98. The molecular formula is C13H20N2O3S. The van der Waals surface area contributed by atoms with E-state index in [1.165, 1.54) is 0 Å². The van der Waals surface area contributed by atoms with E-state index in [-0.39, 0.29) is 18.1 Å². The molecule has 6 heteroatoms. The Labute approximate surface area is 114 Å². The molecule has 3 N–H and O–H groups in total. The minimum absolute atomic E-state index is 0.0889. The van der Waals surface area contributed by atoms with Crippen LogP contribution in [0.1, 0.15) is 17.5 Å². The quantitative estimate of drug-likeness (QED) is 0.844. The number of sulfone groups is 1. The number of rotatable bonds is 5. The number of hydrogen-bond donors (Lipinski definition) is 2. The summed E-state index contributed by atoms with van der Waals surface area (Å²) in [6, 6.07) is 4.77. The Morgan fingerprint density at radius 3 is 2.58 bits per heavy atom. The molecule has 1 unspecified atom stereocenters. The van der Waals surface area contributed by atoms with Crippen LogP contribution in [0.25, 0.3) is 0 Å². The first kappa shape index (κ1) is 15.7. The molecule has 0 spiro atoms. The van der Waals surface area contributed by atoms with Crippen molar-refractivity contribution in [1.29, 1.82) is 0 Å². The first-order valence-electron chi connectivity index (χ1n) is 6.01. The van der Waals surface area contributed by atoms with E-state index in [1.807, 2.05) is 26.0 Å². The van der Waals surface area contributed by atoms with Crippen LogP contribution < -0.4 is 11.1 Å². The van der Waals surface area contributed by atoms with Gasteiger partial charge in [0.15, 0.2) is 0 Å². The van der Waals surface area contributed by atoms with Crippen molar-refractivity contribution in [3.8, 4) is 0 Å². The zero-order chi connectivity index (χ0) is 14.6. The van der Waals surface area contributed by atoms with Gasteiger partial charge in [0.1, 0.15) is 9.84 Å². The van der Waals surface area contributed by atoms with E-state index in [9.17, 15) is 13.2 Å². The van der Waals surface area contributed by atoms with E-state index in [4.69, 9.17) is 5.73 Å². The van der Waals surface area contributed by atoms with Gasteiger partial charge in [-0.1, -0.05) is 12.1 Å². The summed E-state index contributed by atoms with van der Waals surface area (Å²) in [5.41, 5.74) is 8.44. The Balaban J connectivity index is 2.67. The normalized spacial score (nSPS) is 13.1. The van der Waals surface area contributed by atoms with Crippen LogP contribution in [0.3, 0.4) is 0 Å². The number of nitrogens with two attached hydrogens (primary N) is 1. The van der Waals surface area contributed by atoms with Gasteiger partial charge in [-0.05, 0) is 37.5 Å². The SMILES string of the molecule is Cc1cccc(NC(=O)C(N)CCS(C)(=O)=O)c1C. The number of anilines is 1. The lowest BCUT2D eigenvalue weighted by molar-refractivity contribution is -0.117. The van der Waals surface area contributed by atoms with Crippen LogP contribution in [-0.4, -0.2) is 32.4 Å². The lowest BCUT2D eigenvalue weighted by Gasteiger charge is -2.14. The molecule has 0 aliphatic rings. The number of nitrogens with one attached hydrogen (secondary N) is 1. The first-order chi connectivity index (χ1) is 8.70. The van der Waals surface area contributed by atoms with Crippen LogP contribution >= 0.6 is 0 Å². The molecule has 1 aromatic rings. The summed E-state index contributed by atoms with van der Waals surface area (Å²) in [4.78, 5) is 11.9. The summed E-state index contributed by atoms with van der Waals surface area (Å²) in [6.45, 7) is 3.86. The second-order valence-electron chi connectivity index (χ2n) is 4.76. The molecule has 19 heavy (non-hydrogen) atoms. The summed E-state index contributed by atoms with van der Waals surface area (Å²) in [6.07, 6.45) is 1.25. The average Bonchev–Trinajstić information content (AvgIpc) is 2.31. The van der Waals surface area contributed by atoms with Gasteiger partial charge >= 0.3 is 0 Å². The highest BCUT2D eigenvalue weighted by atomic mass is 32.2. The lowest BCUT2D eigenvalue weighted by atomic mass is 10.1. The molecule has 1 atom stereocenters. The molecule has 1 aromatic carbocycles. The summed E-state index contributed by atoms with van der Waals surface area (Å²) >= 11 is 0. The van der Waals surface area contributed by atoms with E-state index in [0.717, 1.165) is 17.4 Å². The van der Waals surface area contributed by atoms with Crippen molar-refractivity contribution in [2.24, 2.45) is 5.73 Å². The maximum atomic E-state index is 11.9. The van der Waals surface area contributed by atoms with Crippen LogP contribution in [0.4, 0.5) is 5.69 Å². The van der Waals surface area contributed by atoms with Crippen molar-refractivity contribution in [3.05, 3.63) is 29.3 Å². The van der Waals surface area contributed by atoms with Gasteiger partial charge in [-0.15, -0.1) is 0 Å². The highest BCUT2D eigenvalue weighted by Crippen LogP contribution is 2.18. The predicted molar refractivity (Wildman–Crippen MR) is 76.8 cm³/mol. The summed E-state index contributed by atoms with van der Waals surface area (Å²) in [5, 5.41) is 2.73. The maximum absolute atomic E-state index is 11.9. The van der Waals surface area contributed by atoms with E-state index < -0.39 is 15.9 Å². The standard InChI is InChI=1S/C13H20N2O3S/c1-9-5-4-6-12(10(9)2)15-13(16)11(14)7-8-19(3,17)18/h4-6,11H,7-8,14H2,1-3H3,(H,15,16). The molecular weight excluding hydrogens is 264 g/mol. The number of benzene rings is 1. The van der Waals surface area contributed by atoms with Gasteiger partial charge in [0.2, 0.25) is 5.91 Å². The van der Waals surface area contributed by atoms with E-state index in [1.54, 1.807) is 6.07 Å². The molecule has 5 nitrogen and oxygen atoms in total. The monoisotopic (exact) mass is 284 g/mol. The molecule has 0 fully saturated rings. The predicted octanol–water partition coefficient (Wildman–Crippen LogP) is 1.00. The van der Waals surface area contributed by atoms with Crippen molar-refractivity contribution in [2.45, 2.75) is 26.3 Å². The van der Waals surface area contributed by atoms with Crippen molar-refractivity contribution in [2.75, 3.05) is 17.3 Å². The molecule has 0 radical (unpaired) electrons. The molecule has 0 heterocycles. The van der Waals surface area contributed by atoms with Gasteiger partial charge in [-0.2, -0.15) is 0 Å². The van der Waals surface area contributed by atoms with Crippen LogP contribution in [-0.2, 0) is 14.6 Å². The third-order valence-electron chi connectivity index (χ3n) is 3.00. The Morgan fingerprint density at radius 2 is 2.00 bits per heavy atom. The summed E-state index contributed by atoms with van der Waals surface area (Å²) < 4.78 is 22.1. The minimum atomic E-state index is -3.10. The number of carbonyl (C=O) groups is 1. The second-order valence-corrected chi connectivity index (χ2v) is 7.02. The van der Waals surface area contributed by atoms with E-state index >= 15 is 0 Å². The van der Waals surface area contributed by atoms with E-state index in [2.05, 4.69) is 5.32 Å². The fourth-order valence-electron chi connectivity index (χ4n) is 1.58. The smallest absolute Gasteiger partial charge is 0.241 e. The molecule has 0 saturated carbocycles. The fourth-order valence-corrected chi connectivity index (χ4v) is 2.27. The number of aryl methyl sites for hydroxylation is 1. The Hall–Kier alpha value is -1.40. The third kappa shape index (κ3) is 5.00. The number of carbonyl (C=O) groups excluding carboxylic acids is 1. The molecule has 1 rings (SSSR count). The zero-order valence-corrected chi connectivity index (χ0v) is 12.3. The van der Waals surface area contributed by atoms with Crippen LogP contribution in [0.15, 0.2) is 18.2 Å². The maximum Gasteiger partial charge on any atom is 0.241 e. The molecule has 0 aromatic heterocycles. The Bertz CT molecular complexity index is 567. The van der Waals surface area contributed by atoms with Crippen LogP contribution in [0.5, 0.6) is 0 Å². The number of hydrogen-bond acceptors (Lipinski definition) is 4. The van der Waals surface area contributed by atoms with Crippen molar-refractivity contribution in [1.82, 2.24) is 0 Å². The van der Waals surface area contributed by atoms with E-state index in [0.29, 0.717) is 5.69 Å². The molecule has 0 bridgehead atoms. The average molecular weight is 284 g/mol. The van der Waals surface area contributed by atoms with Crippen molar-refractivity contribution < 1.29 is 13.2 Å². The van der Waals surface area contributed by atoms with Gasteiger partial charge in [-0.3, -0.25) is 4.79 Å². The second kappa shape index (κ2) is 6.16. The molecule has 0 aliphatic heterocycles. The van der Waals surface area contributed by atoms with Gasteiger partial charge in [0.05, 0.1) is 11.8 Å². The van der Waals surface area contributed by atoms with Gasteiger partial charge in [0, 0.05) is 11.9 Å². The van der Waals surface area contributed by atoms with Crippen LogP contribution in [0, 0.1) is 13.8 Å². The largest absolute Gasteiger partial charge is 0.324 e. The first-order valence-corrected chi connectivity index (χ1v) is 8.07. The molecule has 0 saturated heterocycles. The lowest BCUT2D eigenvalue weighted by Crippen LogP contribution is -2.37. The summed E-state index contributed by atoms with van der Waals surface area (Å²) in [7, 11) is -3.10. The molecule has 0 aliphatic carbocycles. The highest BCUT2D eigenvalue weighted by molar-refractivity contribution is 7.90. The minimum Gasteiger partial charge on any atom is -0.324 e. The van der Waals surface area contributed by atoms with Gasteiger partial charge < -0.3 is 11.1 Å². The topological polar surface area (TPSA) is 89.3 Å². The van der Waals surface area contributed by atoms with Crippen molar-refractivity contribution >= 4 is 21.4 Å². The number of amides is 1. The molecule has 106 valence electrons. The highest BCUT2D eigenvalue weighted by Gasteiger charge is 2.16. The van der Waals surface area contributed by atoms with Crippen molar-refractivity contribution in [3.63, 3.8) is 0 Å². The summed E-state index contributed by atoms with van der Waals surface area (Å²) in [5.74, 6) is -0.452. The zero-order valence-electron chi connectivity index (χ0n) is 11.4. The van der Waals surface area contributed by atoms with Gasteiger partial charge in [0.25, 0.3) is 0 Å². The molecule has 1 amide bonds. The van der Waals surface area contributed by atoms with Crippen LogP contribution in [0.2, 0.25) is 0 Å². The Morgan fingerprint density at radius 1 is 1.37 bits per heavy atom.